The van der Waals surface area contributed by atoms with Crippen LogP contribution in [-0.4, -0.2) is 47.8 Å². The summed E-state index contributed by atoms with van der Waals surface area (Å²) >= 11 is 0. The third-order valence-electron chi connectivity index (χ3n) is 5.00. The van der Waals surface area contributed by atoms with Crippen molar-refractivity contribution in [2.75, 3.05) is 26.1 Å². The molecule has 2 amide bonds. The fraction of sp³-hybridized carbons (Fsp3) is 0.227. The quantitative estimate of drug-likeness (QED) is 0.520. The van der Waals surface area contributed by atoms with Gasteiger partial charge in [-0.15, -0.1) is 0 Å². The lowest BCUT2D eigenvalue weighted by Gasteiger charge is -2.33. The Hall–Kier alpha value is -4.05. The minimum atomic E-state index is -0.461. The summed E-state index contributed by atoms with van der Waals surface area (Å²) in [5.74, 6) is 0.918. The molecule has 1 aliphatic heterocycles. The van der Waals surface area contributed by atoms with Crippen molar-refractivity contribution in [2.24, 2.45) is 0 Å². The van der Waals surface area contributed by atoms with Crippen molar-refractivity contribution in [3.8, 4) is 11.5 Å². The molecule has 1 aliphatic rings. The van der Waals surface area contributed by atoms with Crippen LogP contribution in [0.5, 0.6) is 11.5 Å². The van der Waals surface area contributed by atoms with Gasteiger partial charge in [-0.1, -0.05) is 18.2 Å². The van der Waals surface area contributed by atoms with Crippen LogP contribution >= 0.6 is 0 Å². The molecule has 1 fully saturated rings. The number of benzene rings is 2. The number of aromatic nitrogens is 2. The molecule has 166 valence electrons. The van der Waals surface area contributed by atoms with Crippen LogP contribution in [0.15, 0.2) is 55.0 Å². The van der Waals surface area contributed by atoms with Crippen molar-refractivity contribution >= 4 is 17.7 Å². The number of hydrogen-bond acceptors (Lipinski definition) is 7. The number of cyclic esters (lactones) is 1. The van der Waals surface area contributed by atoms with Crippen molar-refractivity contribution in [1.29, 1.82) is 0 Å². The van der Waals surface area contributed by atoms with Crippen molar-refractivity contribution in [1.82, 2.24) is 20.4 Å². The highest BCUT2D eigenvalue weighted by molar-refractivity contribution is 6.02. The second-order valence-corrected chi connectivity index (χ2v) is 7.06. The predicted molar refractivity (Wildman–Crippen MR) is 115 cm³/mol. The highest BCUT2D eigenvalue weighted by Crippen LogP contribution is 2.31. The molecule has 2 aromatic carbocycles. The third-order valence-corrected chi connectivity index (χ3v) is 5.00. The Kier molecular flexibility index (Phi) is 6.22. The lowest BCUT2D eigenvalue weighted by atomic mass is 10.1. The molecule has 10 heteroatoms. The van der Waals surface area contributed by atoms with Gasteiger partial charge in [-0.2, -0.15) is 0 Å². The summed E-state index contributed by atoms with van der Waals surface area (Å²) in [7, 11) is 3.15. The van der Waals surface area contributed by atoms with E-state index in [1.807, 2.05) is 30.3 Å². The van der Waals surface area contributed by atoms with E-state index in [-0.39, 0.29) is 25.1 Å². The van der Waals surface area contributed by atoms with Gasteiger partial charge in [0.05, 0.1) is 33.1 Å². The molecule has 32 heavy (non-hydrogen) atoms. The lowest BCUT2D eigenvalue weighted by molar-refractivity contribution is 0.0177. The summed E-state index contributed by atoms with van der Waals surface area (Å²) in [6.45, 7) is 0.485. The van der Waals surface area contributed by atoms with Crippen molar-refractivity contribution in [3.63, 3.8) is 0 Å². The average Bonchev–Trinajstić information content (AvgIpc) is 3.36. The summed E-state index contributed by atoms with van der Waals surface area (Å²) < 4.78 is 16.0. The van der Waals surface area contributed by atoms with Gasteiger partial charge in [0.15, 0.2) is 11.5 Å². The molecule has 3 aromatic rings. The largest absolute Gasteiger partial charge is 0.493 e. The number of rotatable bonds is 7. The molecule has 0 radical (unpaired) electrons. The van der Waals surface area contributed by atoms with Crippen LogP contribution in [0.2, 0.25) is 0 Å². The van der Waals surface area contributed by atoms with Crippen LogP contribution in [-0.2, 0) is 11.3 Å². The van der Waals surface area contributed by atoms with Gasteiger partial charge in [0.25, 0.3) is 5.91 Å². The number of aromatic amines is 1. The Morgan fingerprint density at radius 2 is 1.97 bits per heavy atom. The first-order valence-corrected chi connectivity index (χ1v) is 9.89. The molecule has 0 spiro atoms. The number of methoxy groups -OCH3 is 2. The molecule has 1 unspecified atom stereocenters. The molecular weight excluding hydrogens is 414 g/mol. The van der Waals surface area contributed by atoms with Crippen molar-refractivity contribution in [2.45, 2.75) is 12.6 Å². The fourth-order valence-corrected chi connectivity index (χ4v) is 3.32. The zero-order chi connectivity index (χ0) is 22.5. The van der Waals surface area contributed by atoms with Gasteiger partial charge in [0, 0.05) is 11.9 Å². The Morgan fingerprint density at radius 1 is 1.19 bits per heavy atom. The van der Waals surface area contributed by atoms with Gasteiger partial charge in [-0.25, -0.2) is 20.2 Å². The first-order chi connectivity index (χ1) is 15.6. The molecule has 1 atom stereocenters. The van der Waals surface area contributed by atoms with Gasteiger partial charge >= 0.3 is 6.09 Å². The van der Waals surface area contributed by atoms with E-state index in [1.54, 1.807) is 26.4 Å². The zero-order valence-corrected chi connectivity index (χ0v) is 17.6. The Bertz CT molecular complexity index is 1080. The molecule has 1 aromatic heterocycles. The van der Waals surface area contributed by atoms with E-state index in [2.05, 4.69) is 20.7 Å². The average molecular weight is 437 g/mol. The molecule has 1 saturated heterocycles. The van der Waals surface area contributed by atoms with Gasteiger partial charge < -0.3 is 24.5 Å². The number of carbonyl (C=O) groups excluding carboxylic acids is 2. The first kappa shape index (κ1) is 21.2. The SMILES string of the molecule is COc1ccc(C2COC(=O)N(Cc3ccc(NC(=O)c4c[nH]cn4)cc3)N2)cc1OC. The minimum absolute atomic E-state index is 0.197. The van der Waals surface area contributed by atoms with Crippen LogP contribution in [0.25, 0.3) is 0 Å². The highest BCUT2D eigenvalue weighted by Gasteiger charge is 2.28. The van der Waals surface area contributed by atoms with Gasteiger partial charge in [0.2, 0.25) is 0 Å². The number of amides is 2. The van der Waals surface area contributed by atoms with E-state index in [1.165, 1.54) is 17.5 Å². The van der Waals surface area contributed by atoms with Crippen molar-refractivity contribution in [3.05, 3.63) is 71.8 Å². The van der Waals surface area contributed by atoms with E-state index in [0.29, 0.717) is 22.9 Å². The van der Waals surface area contributed by atoms with Crippen LogP contribution in [0.4, 0.5) is 10.5 Å². The smallest absolute Gasteiger partial charge is 0.424 e. The normalized spacial score (nSPS) is 15.8. The van der Waals surface area contributed by atoms with Crippen LogP contribution < -0.4 is 20.2 Å². The zero-order valence-electron chi connectivity index (χ0n) is 17.6. The first-order valence-electron chi connectivity index (χ1n) is 9.89. The van der Waals surface area contributed by atoms with Crippen LogP contribution in [0.1, 0.15) is 27.7 Å². The van der Waals surface area contributed by atoms with Gasteiger partial charge in [-0.3, -0.25) is 4.79 Å². The standard InChI is InChI=1S/C22H23N5O5/c1-30-19-8-5-15(9-20(19)31-2)18-12-32-22(29)27(26-18)11-14-3-6-16(7-4-14)25-21(28)17-10-23-13-24-17/h3-10,13,18,26H,11-12H2,1-2H3,(H,23,24)(H,25,28). The summed E-state index contributed by atoms with van der Waals surface area (Å²) in [6, 6.07) is 12.5. The molecule has 0 aliphatic carbocycles. The van der Waals surface area contributed by atoms with Crippen molar-refractivity contribution < 1.29 is 23.8 Å². The number of nitrogens with one attached hydrogen (secondary N) is 3. The molecule has 3 N–H and O–H groups in total. The molecular formula is C22H23N5O5. The van der Waals surface area contributed by atoms with Gasteiger partial charge in [0.1, 0.15) is 12.3 Å². The number of nitrogens with zero attached hydrogens (tertiary/aromatic N) is 2. The summed E-state index contributed by atoms with van der Waals surface area (Å²) in [5.41, 5.74) is 5.89. The fourth-order valence-electron chi connectivity index (χ4n) is 3.32. The topological polar surface area (TPSA) is 118 Å². The maximum atomic E-state index is 12.3. The molecule has 2 heterocycles. The van der Waals surface area contributed by atoms with E-state index >= 15 is 0 Å². The number of imidazole rings is 1. The monoisotopic (exact) mass is 437 g/mol. The maximum Gasteiger partial charge on any atom is 0.424 e. The second kappa shape index (κ2) is 9.40. The molecule has 0 saturated carbocycles. The minimum Gasteiger partial charge on any atom is -0.493 e. The van der Waals surface area contributed by atoms with Crippen LogP contribution in [0, 0.1) is 0 Å². The van der Waals surface area contributed by atoms with E-state index in [4.69, 9.17) is 14.2 Å². The summed E-state index contributed by atoms with van der Waals surface area (Å²) in [5, 5.41) is 4.19. The number of hydrazine groups is 1. The molecule has 10 nitrogen and oxygen atoms in total. The Morgan fingerprint density at radius 3 is 2.66 bits per heavy atom. The summed E-state index contributed by atoms with van der Waals surface area (Å²) in [4.78, 5) is 31.0. The Labute approximate surface area is 184 Å². The highest BCUT2D eigenvalue weighted by atomic mass is 16.6. The summed E-state index contributed by atoms with van der Waals surface area (Å²) in [6.07, 6.45) is 2.50. The number of ether oxygens (including phenoxy) is 3. The van der Waals surface area contributed by atoms with E-state index < -0.39 is 6.09 Å². The molecule has 4 rings (SSSR count). The number of hydrogen-bond donors (Lipinski definition) is 3. The second-order valence-electron chi connectivity index (χ2n) is 7.06. The van der Waals surface area contributed by atoms with Crippen LogP contribution in [0.3, 0.4) is 0 Å². The van der Waals surface area contributed by atoms with E-state index in [9.17, 15) is 9.59 Å². The Balaban J connectivity index is 1.41. The third kappa shape index (κ3) is 4.65. The van der Waals surface area contributed by atoms with Gasteiger partial charge in [-0.05, 0) is 35.4 Å². The lowest BCUT2D eigenvalue weighted by Crippen LogP contribution is -2.50. The maximum absolute atomic E-state index is 12.3. The predicted octanol–water partition coefficient (Wildman–Crippen LogP) is 2.88. The number of anilines is 1. The number of H-pyrrole nitrogens is 1. The molecule has 0 bridgehead atoms. The number of carbonyl (C=O) groups is 2. The van der Waals surface area contributed by atoms with E-state index in [0.717, 1.165) is 11.1 Å².